The molecule has 0 bridgehead atoms. The first-order valence-corrected chi connectivity index (χ1v) is 4.83. The van der Waals surface area contributed by atoms with E-state index in [4.69, 9.17) is 4.74 Å². The fourth-order valence-electron chi connectivity index (χ4n) is 1.10. The summed E-state index contributed by atoms with van der Waals surface area (Å²) in [6.07, 6.45) is -4.38. The fraction of sp³-hybridized carbons (Fsp3) is 1.00. The van der Waals surface area contributed by atoms with Crippen molar-refractivity contribution in [3.8, 4) is 0 Å². The van der Waals surface area contributed by atoms with Crippen LogP contribution in [0.15, 0.2) is 0 Å². The van der Waals surface area contributed by atoms with Gasteiger partial charge in [-0.3, -0.25) is 0 Å². The van der Waals surface area contributed by atoms with E-state index in [-0.39, 0.29) is 24.4 Å². The van der Waals surface area contributed by atoms with Gasteiger partial charge in [-0.15, -0.1) is 0 Å². The fourth-order valence-corrected chi connectivity index (χ4v) is 1.10. The zero-order chi connectivity index (χ0) is 11.2. The average molecular weight is 210 g/mol. The van der Waals surface area contributed by atoms with Gasteiger partial charge in [-0.25, -0.2) is 0 Å². The van der Waals surface area contributed by atoms with Crippen molar-refractivity contribution in [2.75, 3.05) is 0 Å². The van der Waals surface area contributed by atoms with Crippen LogP contribution in [-0.4, -0.2) is 17.9 Å². The second-order valence-electron chi connectivity index (χ2n) is 5.12. The van der Waals surface area contributed by atoms with Gasteiger partial charge in [0.15, 0.2) is 5.60 Å². The van der Waals surface area contributed by atoms with Gasteiger partial charge < -0.3 is 4.74 Å². The Bertz CT molecular complexity index is 210. The Kier molecular flexibility index (Phi) is 2.64. The Morgan fingerprint density at radius 3 is 1.79 bits per heavy atom. The van der Waals surface area contributed by atoms with Crippen LogP contribution in [0, 0.1) is 5.41 Å². The van der Waals surface area contributed by atoms with Crippen LogP contribution in [0.2, 0.25) is 0 Å². The highest BCUT2D eigenvalue weighted by Crippen LogP contribution is 2.53. The first-order valence-electron chi connectivity index (χ1n) is 4.83. The molecule has 1 saturated carbocycles. The lowest BCUT2D eigenvalue weighted by atomic mass is 9.90. The molecule has 1 atom stereocenters. The van der Waals surface area contributed by atoms with Crippen molar-refractivity contribution in [1.82, 2.24) is 0 Å². The minimum Gasteiger partial charge on any atom is -0.362 e. The van der Waals surface area contributed by atoms with Crippen molar-refractivity contribution < 1.29 is 17.9 Å². The lowest BCUT2D eigenvalue weighted by Gasteiger charge is -2.32. The van der Waals surface area contributed by atoms with E-state index in [1.165, 1.54) is 0 Å². The standard InChI is InChI=1S/C10H17F3O/c1-7(8(2,3)4)14-9(5-6-9)10(11,12)13/h7H,5-6H2,1-4H3. The minimum atomic E-state index is -4.22. The topological polar surface area (TPSA) is 9.23 Å². The Morgan fingerprint density at radius 2 is 1.57 bits per heavy atom. The summed E-state index contributed by atoms with van der Waals surface area (Å²) in [5.74, 6) is 0. The predicted molar refractivity (Wildman–Crippen MR) is 48.0 cm³/mol. The van der Waals surface area contributed by atoms with Gasteiger partial charge in [0.25, 0.3) is 0 Å². The van der Waals surface area contributed by atoms with Gasteiger partial charge in [-0.1, -0.05) is 20.8 Å². The number of halogens is 3. The molecule has 0 aromatic heterocycles. The van der Waals surface area contributed by atoms with Gasteiger partial charge in [0.1, 0.15) is 0 Å². The van der Waals surface area contributed by atoms with Gasteiger partial charge in [-0.2, -0.15) is 13.2 Å². The molecular formula is C10H17F3O. The second kappa shape index (κ2) is 3.12. The highest BCUT2D eigenvalue weighted by molar-refractivity contribution is 5.03. The van der Waals surface area contributed by atoms with Crippen LogP contribution in [0.5, 0.6) is 0 Å². The van der Waals surface area contributed by atoms with Crippen LogP contribution >= 0.6 is 0 Å². The molecule has 1 aliphatic carbocycles. The second-order valence-corrected chi connectivity index (χ2v) is 5.12. The van der Waals surface area contributed by atoms with Crippen molar-refractivity contribution in [3.05, 3.63) is 0 Å². The summed E-state index contributed by atoms with van der Waals surface area (Å²) in [6.45, 7) is 7.34. The van der Waals surface area contributed by atoms with Gasteiger partial charge >= 0.3 is 6.18 Å². The van der Waals surface area contributed by atoms with Gasteiger partial charge in [0.05, 0.1) is 6.10 Å². The Hall–Kier alpha value is -0.250. The van der Waals surface area contributed by atoms with Gasteiger partial charge in [0.2, 0.25) is 0 Å². The molecule has 1 aliphatic rings. The van der Waals surface area contributed by atoms with Crippen molar-refractivity contribution in [1.29, 1.82) is 0 Å². The molecule has 1 fully saturated rings. The van der Waals surface area contributed by atoms with E-state index in [1.807, 2.05) is 20.8 Å². The smallest absolute Gasteiger partial charge is 0.362 e. The van der Waals surface area contributed by atoms with Crippen LogP contribution in [0.3, 0.4) is 0 Å². The predicted octanol–water partition coefficient (Wildman–Crippen LogP) is 3.53. The van der Waals surface area contributed by atoms with E-state index < -0.39 is 11.8 Å². The summed E-state index contributed by atoms with van der Waals surface area (Å²) in [4.78, 5) is 0. The summed E-state index contributed by atoms with van der Waals surface area (Å²) in [5.41, 5.74) is -2.08. The van der Waals surface area contributed by atoms with E-state index >= 15 is 0 Å². The summed E-state index contributed by atoms with van der Waals surface area (Å²) in [5, 5.41) is 0. The molecule has 1 rings (SSSR count). The van der Waals surface area contributed by atoms with Crippen molar-refractivity contribution in [3.63, 3.8) is 0 Å². The highest BCUT2D eigenvalue weighted by atomic mass is 19.4. The number of rotatable bonds is 2. The lowest BCUT2D eigenvalue weighted by molar-refractivity contribution is -0.255. The Labute approximate surface area is 82.6 Å². The highest BCUT2D eigenvalue weighted by Gasteiger charge is 2.65. The number of ether oxygens (including phenoxy) is 1. The van der Waals surface area contributed by atoms with E-state index in [1.54, 1.807) is 6.92 Å². The van der Waals surface area contributed by atoms with Crippen molar-refractivity contribution in [2.24, 2.45) is 5.41 Å². The summed E-state index contributed by atoms with van der Waals surface area (Å²) >= 11 is 0. The molecule has 14 heavy (non-hydrogen) atoms. The third-order valence-electron chi connectivity index (χ3n) is 2.84. The normalized spacial score (nSPS) is 23.4. The van der Waals surface area contributed by atoms with Gasteiger partial charge in [-0.05, 0) is 25.2 Å². The molecule has 1 nitrogen and oxygen atoms in total. The molecule has 0 heterocycles. The molecule has 0 aromatic rings. The van der Waals surface area contributed by atoms with E-state index in [0.717, 1.165) is 0 Å². The first-order chi connectivity index (χ1) is 6.08. The van der Waals surface area contributed by atoms with E-state index in [0.29, 0.717) is 0 Å². The third kappa shape index (κ3) is 2.22. The molecule has 0 spiro atoms. The molecule has 0 radical (unpaired) electrons. The average Bonchev–Trinajstić information content (AvgIpc) is 2.64. The maximum absolute atomic E-state index is 12.5. The SMILES string of the molecule is CC(OC1(C(F)(F)F)CC1)C(C)(C)C. The van der Waals surface area contributed by atoms with Crippen molar-refractivity contribution >= 4 is 0 Å². The monoisotopic (exact) mass is 210 g/mol. The maximum atomic E-state index is 12.5. The first kappa shape index (κ1) is 11.8. The molecule has 84 valence electrons. The van der Waals surface area contributed by atoms with Crippen LogP contribution in [0.4, 0.5) is 13.2 Å². The number of hydrogen-bond acceptors (Lipinski definition) is 1. The molecule has 0 N–H and O–H groups in total. The molecule has 1 unspecified atom stereocenters. The van der Waals surface area contributed by atoms with Crippen molar-refractivity contribution in [2.45, 2.75) is 58.4 Å². The molecule has 0 aromatic carbocycles. The lowest BCUT2D eigenvalue weighted by Crippen LogP contribution is -2.40. The zero-order valence-corrected chi connectivity index (χ0v) is 9.03. The third-order valence-corrected chi connectivity index (χ3v) is 2.84. The molecule has 0 amide bonds. The van der Waals surface area contributed by atoms with Crippen LogP contribution < -0.4 is 0 Å². The Balaban J connectivity index is 2.62. The zero-order valence-electron chi connectivity index (χ0n) is 9.03. The molecule has 0 saturated heterocycles. The van der Waals surface area contributed by atoms with E-state index in [2.05, 4.69) is 0 Å². The quantitative estimate of drug-likeness (QED) is 0.677. The summed E-state index contributed by atoms with van der Waals surface area (Å²) in [6, 6.07) is 0. The van der Waals surface area contributed by atoms with E-state index in [9.17, 15) is 13.2 Å². The summed E-state index contributed by atoms with van der Waals surface area (Å²) in [7, 11) is 0. The maximum Gasteiger partial charge on any atom is 0.417 e. The number of hydrogen-bond donors (Lipinski definition) is 0. The minimum absolute atomic E-state index is 0.108. The largest absolute Gasteiger partial charge is 0.417 e. The van der Waals surface area contributed by atoms with Crippen LogP contribution in [0.25, 0.3) is 0 Å². The van der Waals surface area contributed by atoms with Gasteiger partial charge in [0, 0.05) is 0 Å². The summed E-state index contributed by atoms with van der Waals surface area (Å²) < 4.78 is 42.7. The van der Waals surface area contributed by atoms with Crippen LogP contribution in [0.1, 0.15) is 40.5 Å². The van der Waals surface area contributed by atoms with Crippen LogP contribution in [-0.2, 0) is 4.74 Å². The molecule has 0 aliphatic heterocycles. The number of alkyl halides is 3. The Morgan fingerprint density at radius 1 is 1.14 bits per heavy atom. The molecular weight excluding hydrogens is 193 g/mol. The molecule has 4 heteroatoms.